The SMILES string of the molecule is CN(c1ccc(NC(=O)Cc2cn(C)c3ccccc23)cc1)c1ccccn1. The number of nitrogens with one attached hydrogen (secondary N) is 1. The Morgan fingerprint density at radius 3 is 2.54 bits per heavy atom. The molecule has 140 valence electrons. The van der Waals surface area contributed by atoms with Gasteiger partial charge in [0.15, 0.2) is 0 Å². The lowest BCUT2D eigenvalue weighted by atomic mass is 10.1. The van der Waals surface area contributed by atoms with Crippen LogP contribution in [0.15, 0.2) is 79.1 Å². The molecule has 0 aliphatic heterocycles. The van der Waals surface area contributed by atoms with Crippen LogP contribution in [0.4, 0.5) is 17.2 Å². The summed E-state index contributed by atoms with van der Waals surface area (Å²) in [5, 5.41) is 4.11. The Morgan fingerprint density at radius 2 is 1.79 bits per heavy atom. The molecule has 0 radical (unpaired) electrons. The van der Waals surface area contributed by atoms with E-state index in [1.54, 1.807) is 6.20 Å². The van der Waals surface area contributed by atoms with Gasteiger partial charge in [0.2, 0.25) is 5.91 Å². The van der Waals surface area contributed by atoms with Crippen molar-refractivity contribution < 1.29 is 4.79 Å². The van der Waals surface area contributed by atoms with Crippen molar-refractivity contribution >= 4 is 34.0 Å². The normalized spacial score (nSPS) is 10.8. The second kappa shape index (κ2) is 7.56. The van der Waals surface area contributed by atoms with E-state index in [-0.39, 0.29) is 5.91 Å². The largest absolute Gasteiger partial charge is 0.350 e. The average Bonchev–Trinajstić information content (AvgIpc) is 3.04. The summed E-state index contributed by atoms with van der Waals surface area (Å²) in [4.78, 5) is 18.9. The van der Waals surface area contributed by atoms with Crippen LogP contribution in [0.5, 0.6) is 0 Å². The summed E-state index contributed by atoms with van der Waals surface area (Å²) in [6.07, 6.45) is 4.14. The van der Waals surface area contributed by atoms with Crippen molar-refractivity contribution in [1.29, 1.82) is 0 Å². The topological polar surface area (TPSA) is 50.2 Å². The highest BCUT2D eigenvalue weighted by molar-refractivity contribution is 5.96. The van der Waals surface area contributed by atoms with Crippen molar-refractivity contribution in [1.82, 2.24) is 9.55 Å². The number of carbonyl (C=O) groups is 1. The fraction of sp³-hybridized carbons (Fsp3) is 0.130. The predicted octanol–water partition coefficient (Wildman–Crippen LogP) is 4.52. The van der Waals surface area contributed by atoms with Crippen molar-refractivity contribution in [3.8, 4) is 0 Å². The van der Waals surface area contributed by atoms with E-state index >= 15 is 0 Å². The third-order valence-electron chi connectivity index (χ3n) is 4.86. The van der Waals surface area contributed by atoms with E-state index in [9.17, 15) is 4.79 Å². The Hall–Kier alpha value is -3.60. The molecule has 0 spiro atoms. The van der Waals surface area contributed by atoms with E-state index < -0.39 is 0 Å². The number of pyridine rings is 1. The highest BCUT2D eigenvalue weighted by Gasteiger charge is 2.11. The summed E-state index contributed by atoms with van der Waals surface area (Å²) in [6.45, 7) is 0. The van der Waals surface area contributed by atoms with Crippen LogP contribution in [0.2, 0.25) is 0 Å². The first kappa shape index (κ1) is 17.8. The standard InChI is InChI=1S/C23H22N4O/c1-26-16-17(20-7-3-4-8-21(20)26)15-23(28)25-18-10-12-19(13-11-18)27(2)22-9-5-6-14-24-22/h3-14,16H,15H2,1-2H3,(H,25,28). The van der Waals surface area contributed by atoms with E-state index in [2.05, 4.69) is 27.0 Å². The van der Waals surface area contributed by atoms with Gasteiger partial charge in [0.25, 0.3) is 0 Å². The Kier molecular flexibility index (Phi) is 4.81. The van der Waals surface area contributed by atoms with Gasteiger partial charge in [-0.05, 0) is 48.0 Å². The summed E-state index contributed by atoms with van der Waals surface area (Å²) in [5.41, 5.74) is 3.95. The van der Waals surface area contributed by atoms with Crippen molar-refractivity contribution in [2.45, 2.75) is 6.42 Å². The van der Waals surface area contributed by atoms with Crippen molar-refractivity contribution in [3.05, 3.63) is 84.7 Å². The number of aromatic nitrogens is 2. The van der Waals surface area contributed by atoms with E-state index in [4.69, 9.17) is 0 Å². The minimum Gasteiger partial charge on any atom is -0.350 e. The highest BCUT2D eigenvalue weighted by atomic mass is 16.1. The molecular weight excluding hydrogens is 348 g/mol. The zero-order valence-electron chi connectivity index (χ0n) is 16.0. The Morgan fingerprint density at radius 1 is 1.04 bits per heavy atom. The lowest BCUT2D eigenvalue weighted by Gasteiger charge is -2.18. The number of hydrogen-bond donors (Lipinski definition) is 1. The maximum absolute atomic E-state index is 12.5. The molecule has 0 unspecified atom stereocenters. The van der Waals surface area contributed by atoms with Crippen LogP contribution in [0.3, 0.4) is 0 Å². The number of nitrogens with zero attached hydrogens (tertiary/aromatic N) is 3. The fourth-order valence-corrected chi connectivity index (χ4v) is 3.40. The summed E-state index contributed by atoms with van der Waals surface area (Å²) in [7, 11) is 3.97. The number of hydrogen-bond acceptors (Lipinski definition) is 3. The molecule has 0 atom stereocenters. The Labute approximate surface area is 164 Å². The van der Waals surface area contributed by atoms with E-state index in [0.717, 1.165) is 33.7 Å². The van der Waals surface area contributed by atoms with E-state index in [1.165, 1.54) is 0 Å². The number of carbonyl (C=O) groups excluding carboxylic acids is 1. The summed E-state index contributed by atoms with van der Waals surface area (Å²) in [5.74, 6) is 0.845. The second-order valence-corrected chi connectivity index (χ2v) is 6.80. The summed E-state index contributed by atoms with van der Waals surface area (Å²) in [6, 6.07) is 21.7. The molecule has 1 amide bonds. The third kappa shape index (κ3) is 3.60. The zero-order valence-corrected chi connectivity index (χ0v) is 16.0. The van der Waals surface area contributed by atoms with Crippen LogP contribution in [-0.2, 0) is 18.3 Å². The molecular formula is C23H22N4O. The minimum atomic E-state index is -0.0258. The lowest BCUT2D eigenvalue weighted by molar-refractivity contribution is -0.115. The highest BCUT2D eigenvalue weighted by Crippen LogP contribution is 2.24. The first-order valence-electron chi connectivity index (χ1n) is 9.19. The molecule has 0 fully saturated rings. The van der Waals surface area contributed by atoms with Crippen molar-refractivity contribution in [2.75, 3.05) is 17.3 Å². The number of benzene rings is 2. The number of anilines is 3. The molecule has 5 heteroatoms. The van der Waals surface area contributed by atoms with E-state index in [0.29, 0.717) is 6.42 Å². The number of amides is 1. The molecule has 2 aromatic carbocycles. The number of rotatable bonds is 5. The van der Waals surface area contributed by atoms with Crippen LogP contribution in [-0.4, -0.2) is 22.5 Å². The van der Waals surface area contributed by atoms with Gasteiger partial charge in [-0.2, -0.15) is 0 Å². The molecule has 0 aliphatic rings. The monoisotopic (exact) mass is 370 g/mol. The van der Waals surface area contributed by atoms with Gasteiger partial charge in [0, 0.05) is 48.8 Å². The van der Waals surface area contributed by atoms with Crippen LogP contribution >= 0.6 is 0 Å². The molecule has 0 saturated heterocycles. The van der Waals surface area contributed by atoms with Gasteiger partial charge in [-0.25, -0.2) is 4.98 Å². The zero-order chi connectivity index (χ0) is 19.5. The lowest BCUT2D eigenvalue weighted by Crippen LogP contribution is -2.15. The smallest absolute Gasteiger partial charge is 0.228 e. The molecule has 5 nitrogen and oxygen atoms in total. The predicted molar refractivity (Wildman–Crippen MR) is 114 cm³/mol. The molecule has 0 aliphatic carbocycles. The van der Waals surface area contributed by atoms with Crippen LogP contribution in [0.1, 0.15) is 5.56 Å². The first-order valence-corrected chi connectivity index (χ1v) is 9.19. The second-order valence-electron chi connectivity index (χ2n) is 6.80. The van der Waals surface area contributed by atoms with Crippen molar-refractivity contribution in [3.63, 3.8) is 0 Å². The van der Waals surface area contributed by atoms with Gasteiger partial charge in [0.05, 0.1) is 6.42 Å². The third-order valence-corrected chi connectivity index (χ3v) is 4.86. The van der Waals surface area contributed by atoms with Gasteiger partial charge < -0.3 is 14.8 Å². The molecule has 0 saturated carbocycles. The average molecular weight is 370 g/mol. The molecule has 2 aromatic heterocycles. The fourth-order valence-electron chi connectivity index (χ4n) is 3.40. The Bertz CT molecular complexity index is 1100. The molecule has 2 heterocycles. The van der Waals surface area contributed by atoms with Crippen LogP contribution < -0.4 is 10.2 Å². The number of aryl methyl sites for hydroxylation is 1. The van der Waals surface area contributed by atoms with Gasteiger partial charge in [-0.15, -0.1) is 0 Å². The van der Waals surface area contributed by atoms with Gasteiger partial charge >= 0.3 is 0 Å². The number of para-hydroxylation sites is 1. The molecule has 4 aromatic rings. The van der Waals surface area contributed by atoms with Gasteiger partial charge in [0.1, 0.15) is 5.82 Å². The van der Waals surface area contributed by atoms with Gasteiger partial charge in [-0.1, -0.05) is 24.3 Å². The molecule has 4 rings (SSSR count). The maximum atomic E-state index is 12.5. The van der Waals surface area contributed by atoms with Crippen LogP contribution in [0, 0.1) is 0 Å². The van der Waals surface area contributed by atoms with Crippen LogP contribution in [0.25, 0.3) is 10.9 Å². The maximum Gasteiger partial charge on any atom is 0.228 e. The van der Waals surface area contributed by atoms with Crippen molar-refractivity contribution in [2.24, 2.45) is 7.05 Å². The summed E-state index contributed by atoms with van der Waals surface area (Å²) < 4.78 is 2.06. The molecule has 1 N–H and O–H groups in total. The molecule has 0 bridgehead atoms. The quantitative estimate of drug-likeness (QED) is 0.562. The number of fused-ring (bicyclic) bond motifs is 1. The van der Waals surface area contributed by atoms with Gasteiger partial charge in [-0.3, -0.25) is 4.79 Å². The molecule has 28 heavy (non-hydrogen) atoms. The minimum absolute atomic E-state index is 0.0258. The summed E-state index contributed by atoms with van der Waals surface area (Å²) >= 11 is 0. The first-order chi connectivity index (χ1) is 13.6. The van der Waals surface area contributed by atoms with E-state index in [1.807, 2.05) is 79.8 Å². The Balaban J connectivity index is 1.45.